The summed E-state index contributed by atoms with van der Waals surface area (Å²) in [6, 6.07) is 1.78. The molecule has 2 aliphatic rings. The number of carbonyl (C=O) groups is 1. The van der Waals surface area contributed by atoms with Crippen molar-refractivity contribution in [2.24, 2.45) is 5.92 Å². The largest absolute Gasteiger partial charge is 0.371 e. The van der Waals surface area contributed by atoms with Crippen LogP contribution in [0, 0.1) is 5.92 Å². The predicted molar refractivity (Wildman–Crippen MR) is 97.3 cm³/mol. The molecule has 1 aromatic heterocycles. The number of carbonyl (C=O) groups excluding carboxylic acids is 1. The Morgan fingerprint density at radius 1 is 1.36 bits per heavy atom. The monoisotopic (exact) mass is 346 g/mol. The first-order valence-corrected chi connectivity index (χ1v) is 9.57. The number of unbranched alkanes of at least 4 members (excludes halogenated alkanes) is 1. The van der Waals surface area contributed by atoms with Crippen LogP contribution in [0.2, 0.25) is 0 Å². The molecular weight excluding hydrogens is 316 g/mol. The number of morpholine rings is 1. The molecule has 0 bridgehead atoms. The summed E-state index contributed by atoms with van der Waals surface area (Å²) in [6.45, 7) is 7.56. The molecule has 1 saturated carbocycles. The fourth-order valence-electron chi connectivity index (χ4n) is 3.41. The van der Waals surface area contributed by atoms with Crippen molar-refractivity contribution in [3.8, 4) is 0 Å². The average Bonchev–Trinajstić information content (AvgIpc) is 3.43. The zero-order valence-electron chi connectivity index (χ0n) is 15.6. The second-order valence-corrected chi connectivity index (χ2v) is 7.68. The molecule has 25 heavy (non-hydrogen) atoms. The van der Waals surface area contributed by atoms with Crippen molar-refractivity contribution in [3.63, 3.8) is 0 Å². The number of hydrogen-bond acceptors (Lipinski definition) is 5. The molecule has 0 unspecified atom stereocenters. The Kier molecular flexibility index (Phi) is 5.57. The standard InChI is InChI=1S/C19H30N4O2/c1-4-5-6-14-10-23(11-17(25-14)13-7-8-13)18(24)16-9-15(12(2)3)21-19(20)22-16/h9,12-14,17H,4-8,10-11H2,1-3H3,(H2,20,21,22)/t14-,17-/m1/s1. The molecule has 1 amide bonds. The first-order chi connectivity index (χ1) is 12.0. The number of aromatic nitrogens is 2. The predicted octanol–water partition coefficient (Wildman–Crippen LogP) is 2.99. The summed E-state index contributed by atoms with van der Waals surface area (Å²) in [5, 5.41) is 0. The van der Waals surface area contributed by atoms with Crippen LogP contribution in [0.5, 0.6) is 0 Å². The Bertz CT molecular complexity index is 615. The van der Waals surface area contributed by atoms with E-state index in [-0.39, 0.29) is 30.0 Å². The molecule has 2 heterocycles. The number of nitrogens with two attached hydrogens (primary N) is 1. The van der Waals surface area contributed by atoms with Crippen molar-refractivity contribution in [1.29, 1.82) is 0 Å². The van der Waals surface area contributed by atoms with Gasteiger partial charge in [0.1, 0.15) is 5.69 Å². The van der Waals surface area contributed by atoms with Crippen LogP contribution < -0.4 is 5.73 Å². The minimum Gasteiger partial charge on any atom is -0.371 e. The van der Waals surface area contributed by atoms with Crippen LogP contribution >= 0.6 is 0 Å². The molecule has 2 atom stereocenters. The fraction of sp³-hybridized carbons (Fsp3) is 0.737. The van der Waals surface area contributed by atoms with Crippen LogP contribution in [0.3, 0.4) is 0 Å². The van der Waals surface area contributed by atoms with Gasteiger partial charge in [0.15, 0.2) is 0 Å². The van der Waals surface area contributed by atoms with Crippen molar-refractivity contribution in [2.75, 3.05) is 18.8 Å². The third-order valence-corrected chi connectivity index (χ3v) is 5.08. The molecule has 0 radical (unpaired) electrons. The van der Waals surface area contributed by atoms with Crippen LogP contribution in [0.1, 0.15) is 75.0 Å². The summed E-state index contributed by atoms with van der Waals surface area (Å²) >= 11 is 0. The van der Waals surface area contributed by atoms with Crippen LogP contribution in [0.25, 0.3) is 0 Å². The molecule has 0 aromatic carbocycles. The van der Waals surface area contributed by atoms with Gasteiger partial charge in [0, 0.05) is 18.8 Å². The van der Waals surface area contributed by atoms with E-state index in [0.717, 1.165) is 25.0 Å². The van der Waals surface area contributed by atoms with E-state index >= 15 is 0 Å². The number of nitrogen functional groups attached to an aromatic ring is 1. The van der Waals surface area contributed by atoms with Gasteiger partial charge in [-0.15, -0.1) is 0 Å². The SMILES string of the molecule is CCCC[C@@H]1CN(C(=O)c2cc(C(C)C)nc(N)n2)C[C@H](C2CC2)O1. The van der Waals surface area contributed by atoms with Gasteiger partial charge in [-0.25, -0.2) is 9.97 Å². The van der Waals surface area contributed by atoms with E-state index in [0.29, 0.717) is 24.7 Å². The van der Waals surface area contributed by atoms with Crippen molar-refractivity contribution < 1.29 is 9.53 Å². The van der Waals surface area contributed by atoms with Gasteiger partial charge in [0.25, 0.3) is 5.91 Å². The van der Waals surface area contributed by atoms with Gasteiger partial charge in [-0.3, -0.25) is 4.79 Å². The minimum atomic E-state index is -0.0496. The topological polar surface area (TPSA) is 81.3 Å². The van der Waals surface area contributed by atoms with Crippen molar-refractivity contribution in [2.45, 2.75) is 71.0 Å². The number of rotatable bonds is 6. The van der Waals surface area contributed by atoms with Gasteiger partial charge in [0.2, 0.25) is 5.95 Å². The summed E-state index contributed by atoms with van der Waals surface area (Å²) in [4.78, 5) is 23.4. The lowest BCUT2D eigenvalue weighted by Crippen LogP contribution is -2.51. The fourth-order valence-corrected chi connectivity index (χ4v) is 3.41. The summed E-state index contributed by atoms with van der Waals surface area (Å²) in [5.74, 6) is 0.940. The Balaban J connectivity index is 1.77. The lowest BCUT2D eigenvalue weighted by Gasteiger charge is -2.38. The Morgan fingerprint density at radius 3 is 2.76 bits per heavy atom. The quantitative estimate of drug-likeness (QED) is 0.856. The van der Waals surface area contributed by atoms with Crippen molar-refractivity contribution in [3.05, 3.63) is 17.5 Å². The Labute approximate surface area is 150 Å². The highest BCUT2D eigenvalue weighted by Crippen LogP contribution is 2.37. The minimum absolute atomic E-state index is 0.0496. The normalized spacial score (nSPS) is 23.9. The van der Waals surface area contributed by atoms with E-state index in [1.807, 2.05) is 18.7 Å². The van der Waals surface area contributed by atoms with Gasteiger partial charge in [-0.05, 0) is 37.2 Å². The first kappa shape index (κ1) is 18.1. The van der Waals surface area contributed by atoms with E-state index in [4.69, 9.17) is 10.5 Å². The zero-order chi connectivity index (χ0) is 18.0. The number of hydrogen-bond donors (Lipinski definition) is 1. The van der Waals surface area contributed by atoms with Gasteiger partial charge in [-0.2, -0.15) is 0 Å². The maximum absolute atomic E-state index is 13.1. The van der Waals surface area contributed by atoms with E-state index in [1.165, 1.54) is 12.8 Å². The second kappa shape index (κ2) is 7.68. The summed E-state index contributed by atoms with van der Waals surface area (Å²) < 4.78 is 6.26. The van der Waals surface area contributed by atoms with Crippen LogP contribution in [-0.4, -0.2) is 46.1 Å². The molecule has 2 N–H and O–H groups in total. The molecule has 1 aliphatic carbocycles. The molecule has 1 aliphatic heterocycles. The zero-order valence-corrected chi connectivity index (χ0v) is 15.6. The molecule has 1 aromatic rings. The maximum Gasteiger partial charge on any atom is 0.272 e. The second-order valence-electron chi connectivity index (χ2n) is 7.68. The van der Waals surface area contributed by atoms with Gasteiger partial charge >= 0.3 is 0 Å². The number of anilines is 1. The molecule has 3 rings (SSSR count). The molecule has 6 nitrogen and oxygen atoms in total. The van der Waals surface area contributed by atoms with Crippen molar-refractivity contribution in [1.82, 2.24) is 14.9 Å². The van der Waals surface area contributed by atoms with E-state index in [9.17, 15) is 4.79 Å². The maximum atomic E-state index is 13.1. The molecule has 0 spiro atoms. The number of nitrogens with zero attached hydrogens (tertiary/aromatic N) is 3. The number of ether oxygens (including phenoxy) is 1. The Hall–Kier alpha value is -1.69. The third-order valence-electron chi connectivity index (χ3n) is 5.08. The van der Waals surface area contributed by atoms with Gasteiger partial charge in [-0.1, -0.05) is 33.6 Å². The molecule has 1 saturated heterocycles. The lowest BCUT2D eigenvalue weighted by molar-refractivity contribution is -0.0875. The van der Waals surface area contributed by atoms with E-state index in [1.54, 1.807) is 6.07 Å². The highest BCUT2D eigenvalue weighted by Gasteiger charge is 2.39. The number of amides is 1. The van der Waals surface area contributed by atoms with Crippen molar-refractivity contribution >= 4 is 11.9 Å². The first-order valence-electron chi connectivity index (χ1n) is 9.57. The lowest BCUT2D eigenvalue weighted by atomic mass is 10.1. The summed E-state index contributed by atoms with van der Waals surface area (Å²) in [5.41, 5.74) is 7.04. The molecule has 2 fully saturated rings. The van der Waals surface area contributed by atoms with E-state index in [2.05, 4.69) is 16.9 Å². The van der Waals surface area contributed by atoms with Crippen LogP contribution in [-0.2, 0) is 4.74 Å². The smallest absolute Gasteiger partial charge is 0.272 e. The summed E-state index contributed by atoms with van der Waals surface area (Å²) in [7, 11) is 0. The van der Waals surface area contributed by atoms with E-state index < -0.39 is 0 Å². The third kappa shape index (κ3) is 4.48. The van der Waals surface area contributed by atoms with Crippen LogP contribution in [0.15, 0.2) is 6.07 Å². The molecular formula is C19H30N4O2. The summed E-state index contributed by atoms with van der Waals surface area (Å²) in [6.07, 6.45) is 6.00. The molecule has 138 valence electrons. The highest BCUT2D eigenvalue weighted by atomic mass is 16.5. The average molecular weight is 346 g/mol. The van der Waals surface area contributed by atoms with Crippen LogP contribution in [0.4, 0.5) is 5.95 Å². The van der Waals surface area contributed by atoms with Gasteiger partial charge in [0.05, 0.1) is 12.2 Å². The molecule has 6 heteroatoms. The Morgan fingerprint density at radius 2 is 2.12 bits per heavy atom. The van der Waals surface area contributed by atoms with Gasteiger partial charge < -0.3 is 15.4 Å². The highest BCUT2D eigenvalue weighted by molar-refractivity contribution is 5.92.